The molecule has 1 aromatic heterocycles. The maximum atomic E-state index is 15.2. The summed E-state index contributed by atoms with van der Waals surface area (Å²) in [6.07, 6.45) is 0.727. The summed E-state index contributed by atoms with van der Waals surface area (Å²) in [5.41, 5.74) is 3.43. The number of carbonyl (C=O) groups is 6. The van der Waals surface area contributed by atoms with Crippen LogP contribution >= 0.6 is 23.1 Å². The monoisotopic (exact) mass is 1180 g/mol. The molecule has 18 heteroatoms. The van der Waals surface area contributed by atoms with E-state index in [0.29, 0.717) is 29.0 Å². The van der Waals surface area contributed by atoms with Gasteiger partial charge in [-0.1, -0.05) is 175 Å². The number of aliphatic imine (C=N–C) groups is 1. The van der Waals surface area contributed by atoms with Gasteiger partial charge in [-0.2, -0.15) is 0 Å². The molecular weight excluding hydrogens is 1100 g/mol. The maximum absolute atomic E-state index is 15.2. The Morgan fingerprint density at radius 1 is 0.576 bits per heavy atom. The highest BCUT2D eigenvalue weighted by Gasteiger charge is 2.51. The van der Waals surface area contributed by atoms with Crippen LogP contribution in [0.5, 0.6) is 0 Å². The average Bonchev–Trinajstić information content (AvgIpc) is 2.56. The highest BCUT2D eigenvalue weighted by Crippen LogP contribution is 2.54. The zero-order valence-electron chi connectivity index (χ0n) is 50.4. The Bertz CT molecular complexity index is 3330. The van der Waals surface area contributed by atoms with E-state index in [4.69, 9.17) is 9.98 Å². The standard InChI is InChI=1S/C67H80N10O6S2/c1-40(68-10)57(78)73-54(65(3,4)5)63(82)76-38-48(36-50(76)61-72-52(42-24-16-12-17-25-42)53(84-61)43-26-18-13-19-27-43)70-59(80)45-32-34-46(35-33-45)60(81)71-49-37-51(77(39-49)64(83)55(66(6,7)8)74-58(79)41(2)69-11)62-75-67(9,47-30-22-15-23-31-47)56(85-62)44-28-20-14-21-29-44/h12-35,40-41,48-51,54-56,68-69H,36-39H2,1-11H3,(H,70,80)(H,71,81)(H,73,78)(H,74,79)/t40-,41-,48-,49-,50-,51-,54+,55+,56?,67?/m0/s1. The molecule has 10 atom stereocenters. The summed E-state index contributed by atoms with van der Waals surface area (Å²) in [5.74, 6) is -1.92. The Kier molecular flexibility index (Phi) is 19.0. The fourth-order valence-corrected chi connectivity index (χ4v) is 14.1. The van der Waals surface area contributed by atoms with E-state index in [9.17, 15) is 19.2 Å². The number of benzene rings is 5. The van der Waals surface area contributed by atoms with Crippen LogP contribution in [0.3, 0.4) is 0 Å². The Hall–Kier alpha value is -7.51. The second kappa shape index (κ2) is 26.0. The summed E-state index contributed by atoms with van der Waals surface area (Å²) in [6, 6.07) is 41.9. The van der Waals surface area contributed by atoms with Crippen molar-refractivity contribution >= 4 is 63.6 Å². The number of aromatic nitrogens is 1. The molecule has 0 bridgehead atoms. The second-order valence-electron chi connectivity index (χ2n) is 24.9. The average molecular weight is 1190 g/mol. The first-order valence-electron chi connectivity index (χ1n) is 29.3. The highest BCUT2D eigenvalue weighted by molar-refractivity contribution is 8.14. The molecule has 3 aliphatic rings. The van der Waals surface area contributed by atoms with Gasteiger partial charge in [0.15, 0.2) is 0 Å². The van der Waals surface area contributed by atoms with Crippen molar-refractivity contribution in [2.75, 3.05) is 27.2 Å². The Morgan fingerprint density at radius 2 is 1.00 bits per heavy atom. The van der Waals surface area contributed by atoms with Crippen LogP contribution in [0.25, 0.3) is 21.7 Å². The number of hydrogen-bond donors (Lipinski definition) is 6. The predicted molar refractivity (Wildman–Crippen MR) is 339 cm³/mol. The van der Waals surface area contributed by atoms with Crippen molar-refractivity contribution in [1.82, 2.24) is 46.7 Å². The van der Waals surface area contributed by atoms with E-state index in [1.54, 1.807) is 73.8 Å². The topological polar surface area (TPSA) is 206 Å². The zero-order chi connectivity index (χ0) is 61.0. The van der Waals surface area contributed by atoms with Gasteiger partial charge in [-0.15, -0.1) is 11.3 Å². The molecule has 4 heterocycles. The molecule has 0 aliphatic carbocycles. The first-order valence-corrected chi connectivity index (χ1v) is 30.9. The summed E-state index contributed by atoms with van der Waals surface area (Å²) in [5, 5.41) is 19.8. The molecule has 2 saturated heterocycles. The lowest BCUT2D eigenvalue weighted by Gasteiger charge is -2.36. The van der Waals surface area contributed by atoms with Crippen molar-refractivity contribution in [2.24, 2.45) is 15.8 Å². The van der Waals surface area contributed by atoms with Crippen molar-refractivity contribution in [3.63, 3.8) is 0 Å². The van der Waals surface area contributed by atoms with E-state index in [0.717, 1.165) is 37.9 Å². The van der Waals surface area contributed by atoms with Gasteiger partial charge in [-0.25, -0.2) is 4.98 Å². The number of thioether (sulfide) groups is 1. The molecule has 16 nitrogen and oxygen atoms in total. The quantitative estimate of drug-likeness (QED) is 0.0481. The van der Waals surface area contributed by atoms with E-state index < -0.39 is 64.7 Å². The molecule has 6 amide bonds. The van der Waals surface area contributed by atoms with Crippen LogP contribution in [-0.4, -0.2) is 125 Å². The number of likely N-dealkylation sites (N-methyl/N-ethyl adjacent to an activating group) is 2. The lowest BCUT2D eigenvalue weighted by atomic mass is 9.85. The van der Waals surface area contributed by atoms with Crippen LogP contribution in [0.1, 0.15) is 123 Å². The number of rotatable bonds is 18. The van der Waals surface area contributed by atoms with Gasteiger partial charge in [0.25, 0.3) is 11.8 Å². The smallest absolute Gasteiger partial charge is 0.251 e. The molecule has 3 aliphatic heterocycles. The van der Waals surface area contributed by atoms with Crippen molar-refractivity contribution in [3.8, 4) is 21.7 Å². The fraction of sp³-hybridized carbons (Fsp3) is 0.403. The van der Waals surface area contributed by atoms with Gasteiger partial charge in [0.05, 0.1) is 45.0 Å². The lowest BCUT2D eigenvalue weighted by Crippen LogP contribution is -2.58. The van der Waals surface area contributed by atoms with Crippen LogP contribution in [0.15, 0.2) is 151 Å². The lowest BCUT2D eigenvalue weighted by molar-refractivity contribution is -0.140. The fourth-order valence-electron chi connectivity index (χ4n) is 11.3. The van der Waals surface area contributed by atoms with Gasteiger partial charge in [0, 0.05) is 41.9 Å². The number of likely N-dealkylation sites (tertiary alicyclic amines) is 2. The molecule has 5 aromatic carbocycles. The third-order valence-electron chi connectivity index (χ3n) is 16.5. The number of nitrogens with zero attached hydrogens (tertiary/aromatic N) is 4. The van der Waals surface area contributed by atoms with Crippen molar-refractivity contribution in [3.05, 3.63) is 173 Å². The molecular formula is C67H80N10O6S2. The largest absolute Gasteiger partial charge is 0.347 e. The molecule has 2 unspecified atom stereocenters. The highest BCUT2D eigenvalue weighted by atomic mass is 32.2. The first kappa shape index (κ1) is 62.0. The van der Waals surface area contributed by atoms with E-state index >= 15 is 9.59 Å². The molecule has 85 heavy (non-hydrogen) atoms. The van der Waals surface area contributed by atoms with Gasteiger partial charge in [-0.3, -0.25) is 33.8 Å². The SMILES string of the molecule is CN[C@@H](C)C(=O)N[C@H](C(=O)N1C[C@@H](NC(=O)c2ccc(C(=O)N[C@H]3C[C@@H](c4nc(-c5ccccc5)c(-c5ccccc5)s4)N(C(=O)[C@@H](NC(=O)[C@H](C)NC)C(C)(C)C)C3)cc2)C[C@H]1C1=NC(C)(c2ccccc2)C(c2ccccc2)S1)C(C)(C)C. The summed E-state index contributed by atoms with van der Waals surface area (Å²) in [4.78, 5) is 101. The third-order valence-corrected chi connectivity index (χ3v) is 19.3. The van der Waals surface area contributed by atoms with E-state index in [2.05, 4.69) is 63.1 Å². The van der Waals surface area contributed by atoms with Crippen LogP contribution in [0.4, 0.5) is 0 Å². The minimum absolute atomic E-state index is 0.120. The number of thiazole rings is 1. The Morgan fingerprint density at radius 3 is 1.46 bits per heavy atom. The minimum Gasteiger partial charge on any atom is -0.347 e. The normalized spacial score (nSPS) is 22.0. The Labute approximate surface area is 508 Å². The maximum Gasteiger partial charge on any atom is 0.251 e. The number of hydrogen-bond acceptors (Lipinski definition) is 12. The van der Waals surface area contributed by atoms with Gasteiger partial charge in [0.2, 0.25) is 23.6 Å². The molecule has 446 valence electrons. The molecule has 0 spiro atoms. The number of nitrogens with one attached hydrogen (secondary N) is 6. The van der Waals surface area contributed by atoms with E-state index in [1.807, 2.05) is 139 Å². The third kappa shape index (κ3) is 13.8. The summed E-state index contributed by atoms with van der Waals surface area (Å²) >= 11 is 3.15. The van der Waals surface area contributed by atoms with Crippen LogP contribution in [0, 0.1) is 10.8 Å². The number of amides is 6. The molecule has 0 radical (unpaired) electrons. The van der Waals surface area contributed by atoms with Crippen molar-refractivity contribution in [1.29, 1.82) is 0 Å². The number of carbonyl (C=O) groups excluding carboxylic acids is 6. The van der Waals surface area contributed by atoms with E-state index in [1.165, 1.54) is 11.3 Å². The van der Waals surface area contributed by atoms with E-state index in [-0.39, 0.29) is 53.8 Å². The molecule has 2 fully saturated rings. The zero-order valence-corrected chi connectivity index (χ0v) is 52.1. The van der Waals surface area contributed by atoms with Crippen molar-refractivity contribution in [2.45, 2.75) is 134 Å². The minimum atomic E-state index is -0.898. The summed E-state index contributed by atoms with van der Waals surface area (Å²) < 4.78 is 0. The molecule has 6 aromatic rings. The predicted octanol–water partition coefficient (Wildman–Crippen LogP) is 9.33. The molecule has 0 saturated carbocycles. The van der Waals surface area contributed by atoms with Gasteiger partial charge in [0.1, 0.15) is 22.6 Å². The Balaban J connectivity index is 0.963. The van der Waals surface area contributed by atoms with Gasteiger partial charge < -0.3 is 41.7 Å². The van der Waals surface area contributed by atoms with Crippen LogP contribution < -0.4 is 31.9 Å². The molecule has 6 N–H and O–H groups in total. The second-order valence-corrected chi connectivity index (χ2v) is 27.0. The van der Waals surface area contributed by atoms with Crippen molar-refractivity contribution < 1.29 is 28.8 Å². The van der Waals surface area contributed by atoms with Gasteiger partial charge >= 0.3 is 0 Å². The van der Waals surface area contributed by atoms with Crippen LogP contribution in [-0.2, 0) is 24.7 Å². The summed E-state index contributed by atoms with van der Waals surface area (Å²) in [7, 11) is 3.39. The van der Waals surface area contributed by atoms with Crippen LogP contribution in [0.2, 0.25) is 0 Å². The first-order chi connectivity index (χ1) is 40.5. The van der Waals surface area contributed by atoms with Gasteiger partial charge in [-0.05, 0) is 99.5 Å². The summed E-state index contributed by atoms with van der Waals surface area (Å²) in [6.45, 7) is 17.5. The molecule has 9 rings (SSSR count).